The highest BCUT2D eigenvalue weighted by Crippen LogP contribution is 2.22. The molecule has 0 radical (unpaired) electrons. The summed E-state index contributed by atoms with van der Waals surface area (Å²) >= 11 is 0. The third-order valence-electron chi connectivity index (χ3n) is 2.95. The summed E-state index contributed by atoms with van der Waals surface area (Å²) in [6.07, 6.45) is -8.03. The topological polar surface area (TPSA) is 148 Å². The van der Waals surface area contributed by atoms with Gasteiger partial charge in [-0.05, 0) is 6.92 Å². The Morgan fingerprint density at radius 1 is 1.19 bits per heavy atom. The molecule has 120 valence electrons. The number of ether oxygens (including phenoxy) is 1. The van der Waals surface area contributed by atoms with Gasteiger partial charge in [-0.15, -0.1) is 0 Å². The number of hydrogen-bond donors (Lipinski definition) is 6. The number of amides is 2. The third kappa shape index (κ3) is 4.48. The molecule has 0 spiro atoms. The summed E-state index contributed by atoms with van der Waals surface area (Å²) in [7, 11) is 0. The lowest BCUT2D eigenvalue weighted by atomic mass is 10.1. The number of carbonyl (C=O) groups is 2. The Balaban J connectivity index is 2.35. The van der Waals surface area contributed by atoms with Crippen molar-refractivity contribution in [3.05, 3.63) is 12.2 Å². The van der Waals surface area contributed by atoms with Crippen LogP contribution >= 0.6 is 0 Å². The van der Waals surface area contributed by atoms with Crippen LogP contribution in [0.2, 0.25) is 0 Å². The first-order valence-electron chi connectivity index (χ1n) is 6.35. The van der Waals surface area contributed by atoms with Crippen LogP contribution in [-0.2, 0) is 14.3 Å². The average Bonchev–Trinajstić information content (AvgIpc) is 2.69. The quantitative estimate of drug-likeness (QED) is 0.221. The Hall–Kier alpha value is -1.52. The van der Waals surface area contributed by atoms with Gasteiger partial charge in [0.1, 0.15) is 18.3 Å². The second kappa shape index (κ2) is 7.48. The maximum atomic E-state index is 11.6. The van der Waals surface area contributed by atoms with E-state index in [1.54, 1.807) is 0 Å². The van der Waals surface area contributed by atoms with E-state index in [1.807, 2.05) is 0 Å². The highest BCUT2D eigenvalue weighted by atomic mass is 16.6. The van der Waals surface area contributed by atoms with E-state index >= 15 is 0 Å². The predicted octanol–water partition coefficient (Wildman–Crippen LogP) is -3.41. The first-order valence-corrected chi connectivity index (χ1v) is 6.35. The fourth-order valence-corrected chi connectivity index (χ4v) is 1.71. The molecule has 1 saturated heterocycles. The van der Waals surface area contributed by atoms with E-state index in [2.05, 4.69) is 17.2 Å². The normalized spacial score (nSPS) is 29.8. The predicted molar refractivity (Wildman–Crippen MR) is 69.7 cm³/mol. The molecule has 0 aromatic carbocycles. The van der Waals surface area contributed by atoms with E-state index in [-0.39, 0.29) is 19.0 Å². The van der Waals surface area contributed by atoms with Gasteiger partial charge in [-0.3, -0.25) is 9.59 Å². The average molecular weight is 304 g/mol. The van der Waals surface area contributed by atoms with Crippen LogP contribution in [0.25, 0.3) is 0 Å². The van der Waals surface area contributed by atoms with E-state index in [4.69, 9.17) is 9.84 Å². The van der Waals surface area contributed by atoms with Gasteiger partial charge in [-0.25, -0.2) is 0 Å². The van der Waals surface area contributed by atoms with Gasteiger partial charge < -0.3 is 35.8 Å². The minimum Gasteiger partial charge on any atom is -0.387 e. The highest BCUT2D eigenvalue weighted by molar-refractivity contribution is 5.92. The monoisotopic (exact) mass is 304 g/mol. The van der Waals surface area contributed by atoms with E-state index < -0.39 is 36.6 Å². The van der Waals surface area contributed by atoms with Crippen LogP contribution in [0.4, 0.5) is 0 Å². The molecule has 9 heteroatoms. The smallest absolute Gasteiger partial charge is 0.251 e. The largest absolute Gasteiger partial charge is 0.387 e. The molecule has 0 aromatic heterocycles. The molecule has 6 N–H and O–H groups in total. The minimum atomic E-state index is -1.76. The van der Waals surface area contributed by atoms with Gasteiger partial charge in [0, 0.05) is 18.7 Å². The van der Waals surface area contributed by atoms with Gasteiger partial charge in [-0.1, -0.05) is 6.58 Å². The van der Waals surface area contributed by atoms with E-state index in [0.29, 0.717) is 5.57 Å². The zero-order valence-electron chi connectivity index (χ0n) is 11.5. The molecular formula is C12H20N2O7. The summed E-state index contributed by atoms with van der Waals surface area (Å²) in [6, 6.07) is 0. The molecule has 5 atom stereocenters. The van der Waals surface area contributed by atoms with Crippen LogP contribution in [0, 0.1) is 0 Å². The highest BCUT2D eigenvalue weighted by Gasteiger charge is 2.47. The number of rotatable bonds is 6. The molecule has 0 aromatic rings. The standard InChI is InChI=1S/C12H20N2O7/c1-5(2)10(18)13-3-4-14-11(19)8(17)9-6(15)7(16)12(20)21-9/h6-9,12,15-17,20H,1,3-4H2,2H3,(H,13,18)(H,14,19)/t6-,7-,8+,9+,12+/m1/s1. The zero-order valence-corrected chi connectivity index (χ0v) is 11.5. The van der Waals surface area contributed by atoms with Crippen LogP contribution in [-0.4, -0.2) is 76.0 Å². The number of carbonyl (C=O) groups excluding carboxylic acids is 2. The molecule has 21 heavy (non-hydrogen) atoms. The first-order chi connectivity index (χ1) is 9.75. The fraction of sp³-hybridized carbons (Fsp3) is 0.667. The fourth-order valence-electron chi connectivity index (χ4n) is 1.71. The molecule has 9 nitrogen and oxygen atoms in total. The summed E-state index contributed by atoms with van der Waals surface area (Å²) in [6.45, 7) is 5.15. The number of aliphatic hydroxyl groups is 4. The van der Waals surface area contributed by atoms with Crippen LogP contribution in [0.15, 0.2) is 12.2 Å². The molecule has 1 rings (SSSR count). The Labute approximate surface area is 121 Å². The van der Waals surface area contributed by atoms with Crippen LogP contribution < -0.4 is 10.6 Å². The second-order valence-electron chi connectivity index (χ2n) is 4.74. The Bertz CT molecular complexity index is 414. The van der Waals surface area contributed by atoms with Crippen molar-refractivity contribution >= 4 is 11.8 Å². The van der Waals surface area contributed by atoms with E-state index in [0.717, 1.165) is 0 Å². The van der Waals surface area contributed by atoms with Crippen molar-refractivity contribution in [2.24, 2.45) is 0 Å². The van der Waals surface area contributed by atoms with Crippen molar-refractivity contribution in [2.75, 3.05) is 13.1 Å². The lowest BCUT2D eigenvalue weighted by Gasteiger charge is -2.20. The zero-order chi connectivity index (χ0) is 16.2. The Morgan fingerprint density at radius 2 is 1.76 bits per heavy atom. The van der Waals surface area contributed by atoms with Crippen molar-refractivity contribution in [1.82, 2.24) is 10.6 Å². The van der Waals surface area contributed by atoms with Gasteiger partial charge in [0.2, 0.25) is 5.91 Å². The minimum absolute atomic E-state index is 0.0445. The molecule has 1 fully saturated rings. The molecule has 1 aliphatic rings. The van der Waals surface area contributed by atoms with Crippen LogP contribution in [0.5, 0.6) is 0 Å². The lowest BCUT2D eigenvalue weighted by molar-refractivity contribution is -0.158. The Morgan fingerprint density at radius 3 is 2.24 bits per heavy atom. The molecule has 0 aliphatic carbocycles. The first kappa shape index (κ1) is 17.5. The van der Waals surface area contributed by atoms with Gasteiger partial charge in [0.05, 0.1) is 0 Å². The second-order valence-corrected chi connectivity index (χ2v) is 4.74. The Kier molecular flexibility index (Phi) is 6.24. The van der Waals surface area contributed by atoms with Crippen molar-refractivity contribution in [2.45, 2.75) is 37.6 Å². The van der Waals surface area contributed by atoms with E-state index in [9.17, 15) is 24.9 Å². The molecule has 1 heterocycles. The summed E-state index contributed by atoms with van der Waals surface area (Å²) in [5, 5.41) is 42.4. The number of hydrogen-bond acceptors (Lipinski definition) is 7. The summed E-state index contributed by atoms with van der Waals surface area (Å²) in [4.78, 5) is 22.8. The summed E-state index contributed by atoms with van der Waals surface area (Å²) in [5.74, 6) is -1.21. The molecule has 0 bridgehead atoms. The summed E-state index contributed by atoms with van der Waals surface area (Å²) < 4.78 is 4.71. The maximum Gasteiger partial charge on any atom is 0.251 e. The molecular weight excluding hydrogens is 284 g/mol. The maximum absolute atomic E-state index is 11.6. The van der Waals surface area contributed by atoms with Gasteiger partial charge in [0.25, 0.3) is 5.91 Å². The van der Waals surface area contributed by atoms with Crippen molar-refractivity contribution < 1.29 is 34.8 Å². The lowest BCUT2D eigenvalue weighted by Crippen LogP contribution is -2.48. The molecule has 0 unspecified atom stereocenters. The number of nitrogens with one attached hydrogen (secondary N) is 2. The van der Waals surface area contributed by atoms with Gasteiger partial charge >= 0.3 is 0 Å². The molecule has 0 saturated carbocycles. The van der Waals surface area contributed by atoms with Crippen LogP contribution in [0.3, 0.4) is 0 Å². The molecule has 1 aliphatic heterocycles. The van der Waals surface area contributed by atoms with E-state index in [1.165, 1.54) is 6.92 Å². The number of aliphatic hydroxyl groups excluding tert-OH is 4. The molecule has 2 amide bonds. The SMILES string of the molecule is C=C(C)C(=O)NCCNC(=O)[C@@H](O)[C@H]1O[C@H](O)[C@H](O)[C@H]1O. The van der Waals surface area contributed by atoms with Crippen LogP contribution in [0.1, 0.15) is 6.92 Å². The van der Waals surface area contributed by atoms with Gasteiger partial charge in [0.15, 0.2) is 12.4 Å². The third-order valence-corrected chi connectivity index (χ3v) is 2.95. The summed E-state index contributed by atoms with van der Waals surface area (Å²) in [5.41, 5.74) is 0.326. The van der Waals surface area contributed by atoms with Crippen molar-refractivity contribution in [3.63, 3.8) is 0 Å². The van der Waals surface area contributed by atoms with Gasteiger partial charge in [-0.2, -0.15) is 0 Å². The van der Waals surface area contributed by atoms with Crippen molar-refractivity contribution in [3.8, 4) is 0 Å². The van der Waals surface area contributed by atoms with Crippen molar-refractivity contribution in [1.29, 1.82) is 0 Å².